The second kappa shape index (κ2) is 5.92. The van der Waals surface area contributed by atoms with Gasteiger partial charge in [-0.3, -0.25) is 4.90 Å². The number of nitrogens with zero attached hydrogens (tertiary/aromatic N) is 2. The Morgan fingerprint density at radius 2 is 2.15 bits per heavy atom. The summed E-state index contributed by atoms with van der Waals surface area (Å²) in [6.07, 6.45) is 0.652. The van der Waals surface area contributed by atoms with Gasteiger partial charge in [-0.25, -0.2) is 9.59 Å². The lowest BCUT2D eigenvalue weighted by Crippen LogP contribution is -2.43. The van der Waals surface area contributed by atoms with Gasteiger partial charge < -0.3 is 15.1 Å². The van der Waals surface area contributed by atoms with Crippen molar-refractivity contribution < 1.29 is 19.8 Å². The quantitative estimate of drug-likeness (QED) is 0.866. The number of carboxylic acid groups (broad SMARTS) is 1. The van der Waals surface area contributed by atoms with E-state index in [2.05, 4.69) is 0 Å². The third kappa shape index (κ3) is 2.60. The van der Waals surface area contributed by atoms with Crippen LogP contribution in [0.5, 0.6) is 0 Å². The lowest BCUT2D eigenvalue weighted by molar-refractivity contribution is 0.0697. The van der Waals surface area contributed by atoms with E-state index in [1.54, 1.807) is 21.9 Å². The largest absolute Gasteiger partial charge is 0.478 e. The van der Waals surface area contributed by atoms with Gasteiger partial charge in [0.25, 0.3) is 0 Å². The third-order valence-corrected chi connectivity index (χ3v) is 3.48. The summed E-state index contributed by atoms with van der Waals surface area (Å²) in [6, 6.07) is 4.65. The van der Waals surface area contributed by atoms with E-state index in [4.69, 9.17) is 10.2 Å². The molecule has 0 radical (unpaired) electrons. The van der Waals surface area contributed by atoms with E-state index in [-0.39, 0.29) is 18.2 Å². The number of likely N-dealkylation sites (N-methyl/N-ethyl adjacent to an activating group) is 1. The van der Waals surface area contributed by atoms with Gasteiger partial charge in [0.2, 0.25) is 0 Å². The van der Waals surface area contributed by atoms with Crippen molar-refractivity contribution >= 4 is 17.7 Å². The SMILES string of the molecule is CCN(CCO)C(=O)N1CCc2cc(C(=O)O)ccc21. The van der Waals surface area contributed by atoms with Crippen LogP contribution >= 0.6 is 0 Å². The first-order chi connectivity index (χ1) is 9.58. The van der Waals surface area contributed by atoms with Crippen molar-refractivity contribution in [2.45, 2.75) is 13.3 Å². The molecule has 0 fully saturated rings. The zero-order valence-electron chi connectivity index (χ0n) is 11.4. The molecule has 0 bridgehead atoms. The molecule has 1 heterocycles. The van der Waals surface area contributed by atoms with Gasteiger partial charge in [0.1, 0.15) is 0 Å². The zero-order valence-corrected chi connectivity index (χ0v) is 11.4. The maximum absolute atomic E-state index is 12.4. The van der Waals surface area contributed by atoms with E-state index in [0.717, 1.165) is 11.3 Å². The molecule has 0 saturated carbocycles. The molecule has 0 aliphatic carbocycles. The molecule has 2 rings (SSSR count). The predicted octanol–water partition coefficient (Wildman–Crippen LogP) is 1.18. The van der Waals surface area contributed by atoms with Crippen LogP contribution in [0, 0.1) is 0 Å². The van der Waals surface area contributed by atoms with E-state index >= 15 is 0 Å². The molecule has 2 N–H and O–H groups in total. The molecule has 108 valence electrons. The number of anilines is 1. The Bertz CT molecular complexity index is 530. The van der Waals surface area contributed by atoms with Gasteiger partial charge in [0.15, 0.2) is 0 Å². The molecular formula is C14H18N2O4. The number of aliphatic hydroxyl groups is 1. The molecule has 6 nitrogen and oxygen atoms in total. The van der Waals surface area contributed by atoms with Crippen LogP contribution < -0.4 is 4.90 Å². The van der Waals surface area contributed by atoms with E-state index in [9.17, 15) is 9.59 Å². The molecule has 0 atom stereocenters. The number of benzene rings is 1. The number of carbonyl (C=O) groups excluding carboxylic acids is 1. The minimum absolute atomic E-state index is 0.0712. The number of fused-ring (bicyclic) bond motifs is 1. The van der Waals surface area contributed by atoms with Crippen LogP contribution in [0.15, 0.2) is 18.2 Å². The summed E-state index contributed by atoms with van der Waals surface area (Å²) in [7, 11) is 0. The van der Waals surface area contributed by atoms with Gasteiger partial charge in [-0.2, -0.15) is 0 Å². The molecule has 20 heavy (non-hydrogen) atoms. The average molecular weight is 278 g/mol. The van der Waals surface area contributed by atoms with Crippen molar-refractivity contribution in [2.75, 3.05) is 31.1 Å². The molecule has 6 heteroatoms. The van der Waals surface area contributed by atoms with Gasteiger partial charge in [0.05, 0.1) is 12.2 Å². The number of hydrogen-bond acceptors (Lipinski definition) is 3. The highest BCUT2D eigenvalue weighted by molar-refractivity contribution is 5.96. The molecule has 0 saturated heterocycles. The second-order valence-electron chi connectivity index (χ2n) is 4.64. The van der Waals surface area contributed by atoms with Gasteiger partial charge in [-0.15, -0.1) is 0 Å². The highest BCUT2D eigenvalue weighted by Gasteiger charge is 2.28. The first-order valence-corrected chi connectivity index (χ1v) is 6.62. The van der Waals surface area contributed by atoms with E-state index < -0.39 is 5.97 Å². The zero-order chi connectivity index (χ0) is 14.7. The fourth-order valence-corrected chi connectivity index (χ4v) is 2.41. The predicted molar refractivity (Wildman–Crippen MR) is 74.2 cm³/mol. The Kier molecular flexibility index (Phi) is 4.24. The number of hydrogen-bond donors (Lipinski definition) is 2. The molecule has 1 aliphatic rings. The Morgan fingerprint density at radius 3 is 2.75 bits per heavy atom. The maximum atomic E-state index is 12.4. The van der Waals surface area contributed by atoms with Crippen LogP contribution in [0.1, 0.15) is 22.8 Å². The van der Waals surface area contributed by atoms with Gasteiger partial charge in [-0.1, -0.05) is 0 Å². The summed E-state index contributed by atoms with van der Waals surface area (Å²) in [6.45, 7) is 3.16. The monoisotopic (exact) mass is 278 g/mol. The Morgan fingerprint density at radius 1 is 1.40 bits per heavy atom. The standard InChI is InChI=1S/C14H18N2O4/c1-2-15(7-8-17)14(20)16-6-5-10-9-11(13(18)19)3-4-12(10)16/h3-4,9,17H,2,5-8H2,1H3,(H,18,19). The van der Waals surface area contributed by atoms with Gasteiger partial charge in [-0.05, 0) is 37.1 Å². The third-order valence-electron chi connectivity index (χ3n) is 3.48. The highest BCUT2D eigenvalue weighted by Crippen LogP contribution is 2.29. The molecular weight excluding hydrogens is 260 g/mol. The van der Waals surface area contributed by atoms with Crippen molar-refractivity contribution in [3.05, 3.63) is 29.3 Å². The molecule has 0 spiro atoms. The number of aromatic carboxylic acids is 1. The molecule has 0 unspecified atom stereocenters. The molecule has 1 aromatic rings. The van der Waals surface area contributed by atoms with Crippen molar-refractivity contribution in [2.24, 2.45) is 0 Å². The van der Waals surface area contributed by atoms with Crippen LogP contribution in [0.2, 0.25) is 0 Å². The van der Waals surface area contributed by atoms with Crippen LogP contribution in [0.4, 0.5) is 10.5 Å². The number of rotatable bonds is 4. The van der Waals surface area contributed by atoms with Crippen molar-refractivity contribution in [3.63, 3.8) is 0 Å². The van der Waals surface area contributed by atoms with E-state index in [1.807, 2.05) is 6.92 Å². The van der Waals surface area contributed by atoms with Crippen LogP contribution in [-0.4, -0.2) is 53.4 Å². The summed E-state index contributed by atoms with van der Waals surface area (Å²) in [5.41, 5.74) is 1.87. The summed E-state index contributed by atoms with van der Waals surface area (Å²) < 4.78 is 0. The second-order valence-corrected chi connectivity index (χ2v) is 4.64. The molecule has 1 aliphatic heterocycles. The number of aliphatic hydroxyl groups excluding tert-OH is 1. The Balaban J connectivity index is 2.23. The smallest absolute Gasteiger partial charge is 0.335 e. The van der Waals surface area contributed by atoms with E-state index in [0.29, 0.717) is 26.1 Å². The number of urea groups is 1. The summed E-state index contributed by atoms with van der Waals surface area (Å²) in [4.78, 5) is 26.5. The summed E-state index contributed by atoms with van der Waals surface area (Å²) >= 11 is 0. The van der Waals surface area contributed by atoms with Gasteiger partial charge >= 0.3 is 12.0 Å². The molecule has 1 aromatic carbocycles. The van der Waals surface area contributed by atoms with Crippen molar-refractivity contribution in [3.8, 4) is 0 Å². The Hall–Kier alpha value is -2.08. The lowest BCUT2D eigenvalue weighted by Gasteiger charge is -2.26. The fraction of sp³-hybridized carbons (Fsp3) is 0.429. The lowest BCUT2D eigenvalue weighted by atomic mass is 10.1. The van der Waals surface area contributed by atoms with Crippen LogP contribution in [0.3, 0.4) is 0 Å². The minimum atomic E-state index is -0.965. The first kappa shape index (κ1) is 14.3. The summed E-state index contributed by atoms with van der Waals surface area (Å²) in [5.74, 6) is -0.965. The van der Waals surface area contributed by atoms with E-state index in [1.165, 1.54) is 6.07 Å². The normalized spacial score (nSPS) is 13.2. The summed E-state index contributed by atoms with van der Waals surface area (Å²) in [5, 5.41) is 17.9. The average Bonchev–Trinajstić information content (AvgIpc) is 2.86. The topological polar surface area (TPSA) is 81.1 Å². The number of carbonyl (C=O) groups is 2. The molecule has 0 aromatic heterocycles. The highest BCUT2D eigenvalue weighted by atomic mass is 16.4. The minimum Gasteiger partial charge on any atom is -0.478 e. The fourth-order valence-electron chi connectivity index (χ4n) is 2.41. The molecule has 2 amide bonds. The maximum Gasteiger partial charge on any atom is 0.335 e. The van der Waals surface area contributed by atoms with Crippen molar-refractivity contribution in [1.29, 1.82) is 0 Å². The van der Waals surface area contributed by atoms with Crippen molar-refractivity contribution in [1.82, 2.24) is 4.90 Å². The first-order valence-electron chi connectivity index (χ1n) is 6.62. The number of amides is 2. The Labute approximate surface area is 117 Å². The number of carboxylic acids is 1. The van der Waals surface area contributed by atoms with Gasteiger partial charge in [0, 0.05) is 25.3 Å². The van der Waals surface area contributed by atoms with Crippen LogP contribution in [-0.2, 0) is 6.42 Å². The van der Waals surface area contributed by atoms with Crippen LogP contribution in [0.25, 0.3) is 0 Å².